The van der Waals surface area contributed by atoms with Gasteiger partial charge < -0.3 is 0 Å². The summed E-state index contributed by atoms with van der Waals surface area (Å²) in [7, 11) is 0. The minimum atomic E-state index is -0.245. The Morgan fingerprint density at radius 2 is 2.27 bits per heavy atom. The topological polar surface area (TPSA) is 0 Å². The second-order valence-corrected chi connectivity index (χ2v) is 3.38. The summed E-state index contributed by atoms with van der Waals surface area (Å²) in [6, 6.07) is 4.62. The molecule has 1 rings (SSSR count). The van der Waals surface area contributed by atoms with Crippen molar-refractivity contribution in [2.75, 3.05) is 0 Å². The third-order valence-corrected chi connectivity index (χ3v) is 2.36. The van der Waals surface area contributed by atoms with Gasteiger partial charge in [-0.2, -0.15) is 0 Å². The van der Waals surface area contributed by atoms with Crippen molar-refractivity contribution in [3.8, 4) is 12.3 Å². The number of halogens is 1. The van der Waals surface area contributed by atoms with Crippen LogP contribution in [0.25, 0.3) is 0 Å². The van der Waals surface area contributed by atoms with Gasteiger partial charge in [-0.1, -0.05) is 24.6 Å². The lowest BCUT2D eigenvalue weighted by Gasteiger charge is -2.14. The Bertz CT molecular complexity index is 435. The van der Waals surface area contributed by atoms with Crippen LogP contribution in [0.5, 0.6) is 0 Å². The van der Waals surface area contributed by atoms with Gasteiger partial charge in [-0.05, 0) is 30.2 Å². The average Bonchev–Trinajstić information content (AvgIpc) is 2.21. The molecule has 0 fully saturated rings. The van der Waals surface area contributed by atoms with Crippen molar-refractivity contribution in [1.82, 2.24) is 0 Å². The molecule has 0 radical (unpaired) electrons. The van der Waals surface area contributed by atoms with Crippen LogP contribution in [0.3, 0.4) is 0 Å². The van der Waals surface area contributed by atoms with Crippen molar-refractivity contribution in [1.29, 1.82) is 0 Å². The van der Waals surface area contributed by atoms with Crippen molar-refractivity contribution in [2.45, 2.75) is 12.8 Å². The monoisotopic (exact) mass is 200 g/mol. The van der Waals surface area contributed by atoms with Gasteiger partial charge in [0.1, 0.15) is 5.82 Å². The number of allylic oxidation sites excluding steroid dienone is 2. The van der Waals surface area contributed by atoms with E-state index in [1.807, 2.05) is 6.92 Å². The molecule has 0 aliphatic carbocycles. The summed E-state index contributed by atoms with van der Waals surface area (Å²) in [6.45, 7) is 9.35. The van der Waals surface area contributed by atoms with E-state index in [4.69, 9.17) is 6.42 Å². The summed E-state index contributed by atoms with van der Waals surface area (Å²) in [5.74, 6) is 2.15. The summed E-state index contributed by atoms with van der Waals surface area (Å²) in [4.78, 5) is 0. The molecule has 0 spiro atoms. The summed E-state index contributed by atoms with van der Waals surface area (Å²) in [5, 5.41) is 0. The van der Waals surface area contributed by atoms with Gasteiger partial charge in [0.25, 0.3) is 0 Å². The first-order valence-corrected chi connectivity index (χ1v) is 4.64. The molecular weight excluding hydrogens is 187 g/mol. The number of aryl methyl sites for hydroxylation is 1. The summed E-state index contributed by atoms with van der Waals surface area (Å²) in [6.07, 6.45) is 7.02. The third kappa shape index (κ3) is 2.35. The molecule has 0 saturated carbocycles. The number of hydrogen-bond donors (Lipinski definition) is 0. The molecule has 1 aromatic rings. The molecule has 76 valence electrons. The minimum absolute atomic E-state index is 0.101. The molecule has 1 atom stereocenters. The number of hydrogen-bond acceptors (Lipinski definition) is 0. The molecule has 15 heavy (non-hydrogen) atoms. The van der Waals surface area contributed by atoms with E-state index in [1.165, 1.54) is 12.1 Å². The van der Waals surface area contributed by atoms with Crippen LogP contribution < -0.4 is 0 Å². The zero-order valence-corrected chi connectivity index (χ0v) is 8.76. The molecule has 0 aliphatic heterocycles. The predicted molar refractivity (Wildman–Crippen MR) is 62.0 cm³/mol. The van der Waals surface area contributed by atoms with Crippen LogP contribution in [0.2, 0.25) is 0 Å². The van der Waals surface area contributed by atoms with Gasteiger partial charge in [0.15, 0.2) is 0 Å². The van der Waals surface area contributed by atoms with E-state index in [2.05, 4.69) is 19.1 Å². The van der Waals surface area contributed by atoms with Crippen LogP contribution >= 0.6 is 0 Å². The molecule has 0 nitrogen and oxygen atoms in total. The molecule has 1 heteroatoms. The zero-order chi connectivity index (χ0) is 11.4. The van der Waals surface area contributed by atoms with Crippen molar-refractivity contribution >= 4 is 0 Å². The van der Waals surface area contributed by atoms with Gasteiger partial charge in [-0.3, -0.25) is 0 Å². The van der Waals surface area contributed by atoms with Crippen LogP contribution in [0, 0.1) is 25.1 Å². The number of benzene rings is 1. The smallest absolute Gasteiger partial charge is 0.123 e. The lowest BCUT2D eigenvalue weighted by atomic mass is 9.89. The highest BCUT2D eigenvalue weighted by Crippen LogP contribution is 2.27. The van der Waals surface area contributed by atoms with E-state index in [-0.39, 0.29) is 11.7 Å². The van der Waals surface area contributed by atoms with E-state index < -0.39 is 0 Å². The van der Waals surface area contributed by atoms with Crippen LogP contribution in [0.1, 0.15) is 17.0 Å². The largest absolute Gasteiger partial charge is 0.207 e. The molecule has 0 aromatic heterocycles. The first kappa shape index (κ1) is 11.3. The Labute approximate surface area is 90.1 Å². The summed E-state index contributed by atoms with van der Waals surface area (Å²) < 4.78 is 12.9. The highest BCUT2D eigenvalue weighted by molar-refractivity contribution is 5.43. The first-order chi connectivity index (χ1) is 7.10. The van der Waals surface area contributed by atoms with Gasteiger partial charge >= 0.3 is 0 Å². The van der Waals surface area contributed by atoms with Gasteiger partial charge in [-0.15, -0.1) is 13.0 Å². The van der Waals surface area contributed by atoms with Crippen LogP contribution in [-0.2, 0) is 0 Å². The first-order valence-electron chi connectivity index (χ1n) is 4.64. The van der Waals surface area contributed by atoms with Gasteiger partial charge in [0.05, 0.1) is 0 Å². The molecule has 0 saturated heterocycles. The maximum absolute atomic E-state index is 12.9. The second kappa shape index (κ2) is 4.61. The second-order valence-electron chi connectivity index (χ2n) is 3.38. The SMILES string of the molecule is C#CC(=C)C(C=C)c1ccc(F)cc1C. The average molecular weight is 200 g/mol. The van der Waals surface area contributed by atoms with Crippen LogP contribution in [0.15, 0.2) is 43.0 Å². The Morgan fingerprint density at radius 3 is 2.73 bits per heavy atom. The Balaban J connectivity index is 3.20. The standard InChI is InChI=1S/C14H13F/c1-5-10(3)13(6-2)14-8-7-12(15)9-11(14)4/h1,6-9,13H,2-3H2,4H3. The lowest BCUT2D eigenvalue weighted by Crippen LogP contribution is -2.00. The van der Waals surface area contributed by atoms with E-state index in [9.17, 15) is 4.39 Å². The summed E-state index contributed by atoms with van der Waals surface area (Å²) in [5.41, 5.74) is 2.45. The number of terminal acetylenes is 1. The quantitative estimate of drug-likeness (QED) is 0.516. The Kier molecular flexibility index (Phi) is 3.46. The molecule has 0 bridgehead atoms. The maximum atomic E-state index is 12.9. The molecule has 0 N–H and O–H groups in total. The normalized spacial score (nSPS) is 11.5. The summed E-state index contributed by atoms with van der Waals surface area (Å²) >= 11 is 0. The van der Waals surface area contributed by atoms with Crippen molar-refractivity contribution in [3.63, 3.8) is 0 Å². The number of rotatable bonds is 3. The molecule has 0 aliphatic rings. The van der Waals surface area contributed by atoms with Crippen molar-refractivity contribution in [3.05, 3.63) is 60.0 Å². The Morgan fingerprint density at radius 1 is 1.60 bits per heavy atom. The van der Waals surface area contributed by atoms with E-state index in [1.54, 1.807) is 12.1 Å². The van der Waals surface area contributed by atoms with Crippen LogP contribution in [-0.4, -0.2) is 0 Å². The van der Waals surface area contributed by atoms with Gasteiger partial charge in [0.2, 0.25) is 0 Å². The minimum Gasteiger partial charge on any atom is -0.207 e. The fourth-order valence-corrected chi connectivity index (χ4v) is 1.53. The molecular formula is C14H13F. The van der Waals surface area contributed by atoms with Crippen molar-refractivity contribution in [2.24, 2.45) is 0 Å². The zero-order valence-electron chi connectivity index (χ0n) is 8.76. The Hall–Kier alpha value is -1.81. The molecule has 0 heterocycles. The maximum Gasteiger partial charge on any atom is 0.123 e. The highest BCUT2D eigenvalue weighted by Gasteiger charge is 2.12. The predicted octanol–water partition coefficient (Wildman–Crippen LogP) is 3.59. The third-order valence-electron chi connectivity index (χ3n) is 2.36. The van der Waals surface area contributed by atoms with Crippen molar-refractivity contribution < 1.29 is 4.39 Å². The van der Waals surface area contributed by atoms with E-state index in [0.29, 0.717) is 5.57 Å². The highest BCUT2D eigenvalue weighted by atomic mass is 19.1. The lowest BCUT2D eigenvalue weighted by molar-refractivity contribution is 0.625. The van der Waals surface area contributed by atoms with E-state index in [0.717, 1.165) is 11.1 Å². The fourth-order valence-electron chi connectivity index (χ4n) is 1.53. The van der Waals surface area contributed by atoms with Gasteiger partial charge in [0, 0.05) is 11.5 Å². The molecule has 1 unspecified atom stereocenters. The molecule has 1 aromatic carbocycles. The van der Waals surface area contributed by atoms with E-state index >= 15 is 0 Å². The van der Waals surface area contributed by atoms with Gasteiger partial charge in [-0.25, -0.2) is 4.39 Å². The fraction of sp³-hybridized carbons (Fsp3) is 0.143. The molecule has 0 amide bonds. The van der Waals surface area contributed by atoms with Crippen LogP contribution in [0.4, 0.5) is 4.39 Å².